The molecule has 2 heterocycles. The zero-order valence-corrected chi connectivity index (χ0v) is 16.5. The van der Waals surface area contributed by atoms with E-state index in [-0.39, 0.29) is 0 Å². The Morgan fingerprint density at radius 3 is 2.48 bits per heavy atom. The molecule has 0 saturated carbocycles. The zero-order chi connectivity index (χ0) is 20.6. The summed E-state index contributed by atoms with van der Waals surface area (Å²) in [7, 11) is -3.09. The fraction of sp³-hybridized carbons (Fsp3) is 0.750. The Labute approximate surface area is 156 Å². The van der Waals surface area contributed by atoms with Crippen LogP contribution in [0.5, 0.6) is 0 Å². The van der Waals surface area contributed by atoms with E-state index in [2.05, 4.69) is 5.10 Å². The van der Waals surface area contributed by atoms with Crippen molar-refractivity contribution in [3.05, 3.63) is 11.9 Å². The van der Waals surface area contributed by atoms with Crippen LogP contribution in [0.2, 0.25) is 0 Å². The lowest BCUT2D eigenvalue weighted by Crippen LogP contribution is -2.49. The zero-order valence-electron chi connectivity index (χ0n) is 15.7. The minimum absolute atomic E-state index is 0.300. The Morgan fingerprint density at radius 2 is 1.93 bits per heavy atom. The number of carbonyl (C=O) groups excluding carboxylic acids is 1. The minimum atomic E-state index is -4.89. The molecule has 2 rings (SSSR count). The Kier molecular flexibility index (Phi) is 5.84. The maximum Gasteiger partial charge on any atom is 0.436 e. The van der Waals surface area contributed by atoms with Crippen molar-refractivity contribution < 1.29 is 31.1 Å². The maximum atomic E-state index is 13.1. The second-order valence-corrected chi connectivity index (χ2v) is 9.62. The van der Waals surface area contributed by atoms with Crippen LogP contribution in [-0.2, 0) is 27.8 Å². The molecule has 0 spiro atoms. The predicted octanol–water partition coefficient (Wildman–Crippen LogP) is 3.00. The molecule has 11 heteroatoms. The van der Waals surface area contributed by atoms with E-state index in [0.29, 0.717) is 25.8 Å². The number of alkyl halides is 3. The fourth-order valence-corrected chi connectivity index (χ4v) is 4.77. The highest BCUT2D eigenvalue weighted by Crippen LogP contribution is 2.34. The highest BCUT2D eigenvalue weighted by Gasteiger charge is 2.42. The van der Waals surface area contributed by atoms with Crippen molar-refractivity contribution in [3.8, 4) is 0 Å². The number of piperidine rings is 1. The molecule has 0 aromatic carbocycles. The van der Waals surface area contributed by atoms with Gasteiger partial charge in [0.05, 0.1) is 5.75 Å². The summed E-state index contributed by atoms with van der Waals surface area (Å²) in [4.78, 5) is 12.8. The second kappa shape index (κ2) is 7.33. The van der Waals surface area contributed by atoms with Gasteiger partial charge in [-0.3, -0.25) is 4.68 Å². The molecule has 1 atom stereocenters. The third kappa shape index (κ3) is 5.36. The molecule has 1 saturated heterocycles. The largest absolute Gasteiger partial charge is 0.444 e. The number of sulfone groups is 1. The molecule has 1 aliphatic rings. The standard InChI is InChI=1S/C16H24F3N3O4S/c1-15(2,3)26-14(23)22-8-6-5-7-11(22)10-27(24,25)12-9-21(4)20-13(12)16(17,18)19/h9,11H,5-8,10H2,1-4H3. The summed E-state index contributed by atoms with van der Waals surface area (Å²) in [6.45, 7) is 5.36. The first-order valence-electron chi connectivity index (χ1n) is 8.54. The lowest BCUT2D eigenvalue weighted by Gasteiger charge is -2.36. The van der Waals surface area contributed by atoms with E-state index in [1.807, 2.05) is 0 Å². The van der Waals surface area contributed by atoms with Crippen LogP contribution >= 0.6 is 0 Å². The normalized spacial score (nSPS) is 19.2. The maximum absolute atomic E-state index is 13.1. The number of aryl methyl sites for hydroxylation is 1. The van der Waals surface area contributed by atoms with Gasteiger partial charge < -0.3 is 9.64 Å². The molecule has 0 aliphatic carbocycles. The van der Waals surface area contributed by atoms with Gasteiger partial charge in [-0.05, 0) is 40.0 Å². The Hall–Kier alpha value is -1.78. The van der Waals surface area contributed by atoms with Gasteiger partial charge in [0.25, 0.3) is 0 Å². The van der Waals surface area contributed by atoms with E-state index < -0.39 is 50.1 Å². The Balaban J connectivity index is 2.29. The molecule has 1 fully saturated rings. The Morgan fingerprint density at radius 1 is 1.30 bits per heavy atom. The summed E-state index contributed by atoms with van der Waals surface area (Å²) in [5.74, 6) is -0.610. The Bertz CT molecular complexity index is 797. The average Bonchev–Trinajstić information content (AvgIpc) is 2.89. The van der Waals surface area contributed by atoms with E-state index in [0.717, 1.165) is 10.9 Å². The molecule has 0 N–H and O–H groups in total. The molecular weight excluding hydrogens is 387 g/mol. The van der Waals surface area contributed by atoms with Crippen molar-refractivity contribution >= 4 is 15.9 Å². The van der Waals surface area contributed by atoms with Crippen LogP contribution in [0.4, 0.5) is 18.0 Å². The molecule has 1 aromatic rings. The minimum Gasteiger partial charge on any atom is -0.444 e. The number of amides is 1. The predicted molar refractivity (Wildman–Crippen MR) is 90.8 cm³/mol. The van der Waals surface area contributed by atoms with Crippen LogP contribution in [0, 0.1) is 0 Å². The van der Waals surface area contributed by atoms with Crippen LogP contribution in [0.15, 0.2) is 11.1 Å². The van der Waals surface area contributed by atoms with E-state index in [1.165, 1.54) is 11.9 Å². The van der Waals surface area contributed by atoms with E-state index in [4.69, 9.17) is 4.74 Å². The van der Waals surface area contributed by atoms with Gasteiger partial charge in [0.15, 0.2) is 15.5 Å². The quantitative estimate of drug-likeness (QED) is 0.764. The fourth-order valence-electron chi connectivity index (χ4n) is 2.97. The highest BCUT2D eigenvalue weighted by molar-refractivity contribution is 7.91. The summed E-state index contributed by atoms with van der Waals surface area (Å²) >= 11 is 0. The van der Waals surface area contributed by atoms with Crippen molar-refractivity contribution in [2.45, 2.75) is 62.7 Å². The van der Waals surface area contributed by atoms with Gasteiger partial charge in [-0.25, -0.2) is 13.2 Å². The molecule has 1 amide bonds. The van der Waals surface area contributed by atoms with Crippen LogP contribution in [0.1, 0.15) is 45.7 Å². The number of ether oxygens (including phenoxy) is 1. The molecule has 7 nitrogen and oxygen atoms in total. The second-order valence-electron chi connectivity index (χ2n) is 7.62. The SMILES string of the molecule is Cn1cc(S(=O)(=O)CC2CCCCN2C(=O)OC(C)(C)C)c(C(F)(F)F)n1. The molecular formula is C16H24F3N3O4S. The third-order valence-corrected chi connectivity index (χ3v) is 5.86. The van der Waals surface area contributed by atoms with E-state index >= 15 is 0 Å². The number of likely N-dealkylation sites (tertiary alicyclic amines) is 1. The number of nitrogens with zero attached hydrogens (tertiary/aromatic N) is 3. The lowest BCUT2D eigenvalue weighted by molar-refractivity contribution is -0.143. The smallest absolute Gasteiger partial charge is 0.436 e. The number of hydrogen-bond acceptors (Lipinski definition) is 5. The van der Waals surface area contributed by atoms with Crippen LogP contribution in [0.25, 0.3) is 0 Å². The summed E-state index contributed by atoms with van der Waals surface area (Å²) in [5, 5.41) is 3.25. The van der Waals surface area contributed by atoms with Crippen molar-refractivity contribution in [3.63, 3.8) is 0 Å². The number of rotatable bonds is 3. The van der Waals surface area contributed by atoms with E-state index in [1.54, 1.807) is 20.8 Å². The van der Waals surface area contributed by atoms with Crippen LogP contribution in [-0.4, -0.2) is 53.1 Å². The molecule has 0 bridgehead atoms. The highest BCUT2D eigenvalue weighted by atomic mass is 32.2. The van der Waals surface area contributed by atoms with Gasteiger partial charge in [0.1, 0.15) is 10.5 Å². The summed E-state index contributed by atoms with van der Waals surface area (Å²) in [6.07, 6.45) is -2.97. The van der Waals surface area contributed by atoms with Crippen molar-refractivity contribution in [1.82, 2.24) is 14.7 Å². The van der Waals surface area contributed by atoms with Gasteiger partial charge in [-0.1, -0.05) is 0 Å². The monoisotopic (exact) mass is 411 g/mol. The van der Waals surface area contributed by atoms with Gasteiger partial charge in [-0.2, -0.15) is 18.3 Å². The first-order valence-corrected chi connectivity index (χ1v) is 10.2. The number of aromatic nitrogens is 2. The summed E-state index contributed by atoms with van der Waals surface area (Å²) in [5.41, 5.74) is -2.20. The topological polar surface area (TPSA) is 81.5 Å². The molecule has 0 radical (unpaired) electrons. The molecule has 154 valence electrons. The average molecular weight is 411 g/mol. The molecule has 1 aliphatic heterocycles. The molecule has 1 aromatic heterocycles. The third-order valence-electron chi connectivity index (χ3n) is 4.07. The van der Waals surface area contributed by atoms with E-state index in [9.17, 15) is 26.4 Å². The summed E-state index contributed by atoms with van der Waals surface area (Å²) in [6, 6.07) is -0.750. The van der Waals surface area contributed by atoms with Crippen LogP contribution in [0.3, 0.4) is 0 Å². The summed E-state index contributed by atoms with van der Waals surface area (Å²) < 4.78 is 70.9. The van der Waals surface area contributed by atoms with Gasteiger partial charge >= 0.3 is 12.3 Å². The molecule has 1 unspecified atom stereocenters. The molecule has 27 heavy (non-hydrogen) atoms. The number of hydrogen-bond donors (Lipinski definition) is 0. The van der Waals surface area contributed by atoms with Crippen molar-refractivity contribution in [1.29, 1.82) is 0 Å². The van der Waals surface area contributed by atoms with Crippen LogP contribution < -0.4 is 0 Å². The first kappa shape index (κ1) is 21.5. The first-order chi connectivity index (χ1) is 12.2. The number of halogens is 3. The number of carbonyl (C=O) groups is 1. The van der Waals surface area contributed by atoms with Gasteiger partial charge in [-0.15, -0.1) is 0 Å². The van der Waals surface area contributed by atoms with Gasteiger partial charge in [0.2, 0.25) is 0 Å². The van der Waals surface area contributed by atoms with Gasteiger partial charge in [0, 0.05) is 25.8 Å². The lowest BCUT2D eigenvalue weighted by atomic mass is 10.0. The van der Waals surface area contributed by atoms with Crippen molar-refractivity contribution in [2.75, 3.05) is 12.3 Å². The van der Waals surface area contributed by atoms with Crippen molar-refractivity contribution in [2.24, 2.45) is 7.05 Å².